The van der Waals surface area contributed by atoms with Gasteiger partial charge in [-0.1, -0.05) is 18.2 Å². The van der Waals surface area contributed by atoms with E-state index in [1.807, 2.05) is 0 Å². The van der Waals surface area contributed by atoms with Crippen LogP contribution in [0.4, 0.5) is 10.5 Å². The number of hydrogen-bond donors (Lipinski definition) is 3. The van der Waals surface area contributed by atoms with Crippen LogP contribution in [0.15, 0.2) is 54.6 Å². The van der Waals surface area contributed by atoms with Crippen molar-refractivity contribution in [1.82, 2.24) is 0 Å². The first-order chi connectivity index (χ1) is 16.5. The molecule has 0 unspecified atom stereocenters. The second-order valence-corrected chi connectivity index (χ2v) is 7.26. The number of aliphatic hydroxyl groups is 1. The highest BCUT2D eigenvalue weighted by molar-refractivity contribution is 5.85. The van der Waals surface area contributed by atoms with Crippen molar-refractivity contribution in [3.05, 3.63) is 60.2 Å². The second-order valence-electron chi connectivity index (χ2n) is 7.26. The monoisotopic (exact) mass is 473 g/mol. The van der Waals surface area contributed by atoms with Crippen LogP contribution in [0.5, 0.6) is 17.2 Å². The van der Waals surface area contributed by atoms with Gasteiger partial charge in [-0.3, -0.25) is 5.32 Å². The Hall–Kier alpha value is -3.76. The van der Waals surface area contributed by atoms with Crippen molar-refractivity contribution in [2.75, 3.05) is 32.4 Å². The molecule has 2 aromatic carbocycles. The van der Waals surface area contributed by atoms with Gasteiger partial charge in [0.05, 0.1) is 12.7 Å². The number of carbonyl (C=O) groups excluding carboxylic acids is 1. The van der Waals surface area contributed by atoms with Gasteiger partial charge in [-0.25, -0.2) is 9.59 Å². The molecular formula is C24H27NO9. The molecule has 1 heterocycles. The molecular weight excluding hydrogens is 446 g/mol. The van der Waals surface area contributed by atoms with Crippen molar-refractivity contribution in [2.24, 2.45) is 0 Å². The zero-order valence-corrected chi connectivity index (χ0v) is 18.6. The van der Waals surface area contributed by atoms with E-state index < -0.39 is 24.3 Å². The fourth-order valence-electron chi connectivity index (χ4n) is 3.38. The highest BCUT2D eigenvalue weighted by Gasteiger charge is 2.27. The van der Waals surface area contributed by atoms with Crippen LogP contribution >= 0.6 is 0 Å². The number of carboxylic acids is 1. The number of ether oxygens (including phenoxy) is 5. The number of carboxylic acid groups (broad SMARTS) is 1. The maximum atomic E-state index is 12.8. The summed E-state index contributed by atoms with van der Waals surface area (Å²) in [6.07, 6.45) is 1.24. The topological polar surface area (TPSA) is 133 Å². The molecule has 1 aliphatic heterocycles. The minimum Gasteiger partial charge on any atom is -0.491 e. The van der Waals surface area contributed by atoms with Crippen LogP contribution in [0.25, 0.3) is 0 Å². The quantitative estimate of drug-likeness (QED) is 0.396. The highest BCUT2D eigenvalue weighted by atomic mass is 16.7. The lowest BCUT2D eigenvalue weighted by molar-refractivity contribution is -0.131. The Bertz CT molecular complexity index is 1010. The molecule has 2 aromatic rings. The SMILES string of the molecule is CO[C@H](CC/C=C/C(=O)O)[C@H](OC(=O)Nc1ccc2c(c1)OCO2)c1cccc(OCCO)c1. The third kappa shape index (κ3) is 7.12. The first-order valence-electron chi connectivity index (χ1n) is 10.6. The number of amides is 1. The van der Waals surface area contributed by atoms with Crippen molar-refractivity contribution >= 4 is 17.7 Å². The van der Waals surface area contributed by atoms with Crippen LogP contribution in [-0.2, 0) is 14.3 Å². The number of hydrogen-bond acceptors (Lipinski definition) is 8. The van der Waals surface area contributed by atoms with Gasteiger partial charge in [0.15, 0.2) is 17.6 Å². The van der Waals surface area contributed by atoms with Crippen molar-refractivity contribution in [1.29, 1.82) is 0 Å². The Morgan fingerprint density at radius 1 is 1.18 bits per heavy atom. The number of carbonyl (C=O) groups is 2. The molecule has 0 saturated heterocycles. The third-order valence-electron chi connectivity index (χ3n) is 4.92. The summed E-state index contributed by atoms with van der Waals surface area (Å²) in [6.45, 7) is 0.0951. The molecule has 2 atom stereocenters. The summed E-state index contributed by atoms with van der Waals surface area (Å²) < 4.78 is 27.4. The first-order valence-corrected chi connectivity index (χ1v) is 10.6. The summed E-state index contributed by atoms with van der Waals surface area (Å²) in [5.74, 6) is 0.559. The molecule has 0 aromatic heterocycles. The van der Waals surface area contributed by atoms with Crippen molar-refractivity contribution in [3.63, 3.8) is 0 Å². The van der Waals surface area contributed by atoms with Gasteiger partial charge >= 0.3 is 12.1 Å². The molecule has 10 heteroatoms. The molecule has 10 nitrogen and oxygen atoms in total. The summed E-state index contributed by atoms with van der Waals surface area (Å²) in [7, 11) is 1.49. The average Bonchev–Trinajstić information content (AvgIpc) is 3.29. The van der Waals surface area contributed by atoms with Gasteiger partial charge in [-0.15, -0.1) is 0 Å². The number of benzene rings is 2. The summed E-state index contributed by atoms with van der Waals surface area (Å²) in [4.78, 5) is 23.5. The number of aliphatic carboxylic acids is 1. The lowest BCUT2D eigenvalue weighted by Gasteiger charge is -2.26. The Morgan fingerprint density at radius 3 is 2.76 bits per heavy atom. The van der Waals surface area contributed by atoms with Crippen molar-refractivity contribution < 1.29 is 43.5 Å². The van der Waals surface area contributed by atoms with E-state index in [4.69, 9.17) is 33.9 Å². The lowest BCUT2D eigenvalue weighted by Crippen LogP contribution is -2.28. The van der Waals surface area contributed by atoms with Gasteiger partial charge in [0.1, 0.15) is 12.4 Å². The number of anilines is 1. The van der Waals surface area contributed by atoms with E-state index in [0.29, 0.717) is 41.3 Å². The van der Waals surface area contributed by atoms with Crippen LogP contribution < -0.4 is 19.5 Å². The van der Waals surface area contributed by atoms with Gasteiger partial charge in [-0.2, -0.15) is 0 Å². The largest absolute Gasteiger partial charge is 0.491 e. The average molecular weight is 473 g/mol. The number of nitrogens with one attached hydrogen (secondary N) is 1. The highest BCUT2D eigenvalue weighted by Crippen LogP contribution is 2.35. The van der Waals surface area contributed by atoms with Crippen molar-refractivity contribution in [3.8, 4) is 17.2 Å². The molecule has 0 fully saturated rings. The minimum atomic E-state index is -1.04. The summed E-state index contributed by atoms with van der Waals surface area (Å²) in [6, 6.07) is 11.9. The molecule has 0 radical (unpaired) electrons. The van der Waals surface area contributed by atoms with Crippen LogP contribution in [0, 0.1) is 0 Å². The van der Waals surface area contributed by atoms with Gasteiger partial charge in [0, 0.05) is 24.9 Å². The Morgan fingerprint density at radius 2 is 2.00 bits per heavy atom. The molecule has 34 heavy (non-hydrogen) atoms. The molecule has 3 N–H and O–H groups in total. The third-order valence-corrected chi connectivity index (χ3v) is 4.92. The van der Waals surface area contributed by atoms with E-state index in [-0.39, 0.29) is 20.0 Å². The molecule has 0 saturated carbocycles. The maximum absolute atomic E-state index is 12.8. The lowest BCUT2D eigenvalue weighted by atomic mass is 10.00. The fourth-order valence-corrected chi connectivity index (χ4v) is 3.38. The zero-order chi connectivity index (χ0) is 24.3. The van der Waals surface area contributed by atoms with E-state index in [0.717, 1.165) is 6.08 Å². The smallest absolute Gasteiger partial charge is 0.412 e. The standard InChI is InChI=1S/C24H27NO9/c1-30-20(7-2-3-8-22(27)28)23(16-5-4-6-18(13-16)31-12-11-26)34-24(29)25-17-9-10-19-21(14-17)33-15-32-19/h3-6,8-10,13-14,20,23,26H,2,7,11-12,15H2,1H3,(H,25,29)(H,27,28)/b8-3+/t20-,23-/m1/s1. The maximum Gasteiger partial charge on any atom is 0.412 e. The molecule has 0 bridgehead atoms. The molecule has 1 amide bonds. The zero-order valence-electron chi connectivity index (χ0n) is 18.6. The van der Waals surface area contributed by atoms with Gasteiger partial charge in [0.2, 0.25) is 6.79 Å². The first kappa shape index (κ1) is 24.9. The molecule has 1 aliphatic rings. The normalized spacial score (nSPS) is 13.9. The number of methoxy groups -OCH3 is 1. The Labute approximate surface area is 196 Å². The van der Waals surface area contributed by atoms with Gasteiger partial charge in [0.25, 0.3) is 0 Å². The Kier molecular flexibility index (Phi) is 9.12. The summed E-state index contributed by atoms with van der Waals surface area (Å²) in [5.41, 5.74) is 1.08. The van der Waals surface area contributed by atoms with E-state index in [2.05, 4.69) is 5.32 Å². The van der Waals surface area contributed by atoms with E-state index in [1.165, 1.54) is 13.2 Å². The van der Waals surface area contributed by atoms with Gasteiger partial charge in [-0.05, 0) is 42.7 Å². The molecule has 182 valence electrons. The molecule has 3 rings (SSSR count). The number of aliphatic hydroxyl groups excluding tert-OH is 1. The molecule has 0 aliphatic carbocycles. The van der Waals surface area contributed by atoms with Crippen LogP contribution in [0.2, 0.25) is 0 Å². The van der Waals surface area contributed by atoms with E-state index in [1.54, 1.807) is 42.5 Å². The van der Waals surface area contributed by atoms with E-state index in [9.17, 15) is 9.59 Å². The number of rotatable bonds is 12. The summed E-state index contributed by atoms with van der Waals surface area (Å²) in [5, 5.41) is 20.5. The van der Waals surface area contributed by atoms with E-state index >= 15 is 0 Å². The predicted molar refractivity (Wildman–Crippen MR) is 121 cm³/mol. The van der Waals surface area contributed by atoms with Crippen molar-refractivity contribution in [2.45, 2.75) is 25.0 Å². The van der Waals surface area contributed by atoms with Crippen LogP contribution in [0.3, 0.4) is 0 Å². The number of fused-ring (bicyclic) bond motifs is 1. The molecule has 0 spiro atoms. The van der Waals surface area contributed by atoms with Crippen LogP contribution in [-0.4, -0.2) is 55.5 Å². The predicted octanol–water partition coefficient (Wildman–Crippen LogP) is 3.51. The van der Waals surface area contributed by atoms with Gasteiger partial charge < -0.3 is 33.9 Å². The Balaban J connectivity index is 1.77. The minimum absolute atomic E-state index is 0.117. The fraction of sp³-hybridized carbons (Fsp3) is 0.333. The second kappa shape index (κ2) is 12.5. The summed E-state index contributed by atoms with van der Waals surface area (Å²) >= 11 is 0. The van der Waals surface area contributed by atoms with Crippen LogP contribution in [0.1, 0.15) is 24.5 Å². The number of allylic oxidation sites excluding steroid dienone is 1.